The minimum absolute atomic E-state index is 0.000397. The molecule has 2 aromatic heterocycles. The number of amides is 4. The third-order valence-corrected chi connectivity index (χ3v) is 13.8. The Morgan fingerprint density at radius 3 is 2.19 bits per heavy atom. The first-order chi connectivity index (χ1) is 35.9. The van der Waals surface area contributed by atoms with Gasteiger partial charge in [0.2, 0.25) is 29.6 Å². The molecule has 1 aliphatic heterocycles. The van der Waals surface area contributed by atoms with Crippen LogP contribution in [0.3, 0.4) is 0 Å². The molecule has 0 unspecified atom stereocenters. The molecule has 0 radical (unpaired) electrons. The first-order valence-corrected chi connectivity index (χ1v) is 26.5. The molecule has 4 amide bonds. The molecular formula is C53H72F3N9O9S. The van der Waals surface area contributed by atoms with Gasteiger partial charge in [-0.2, -0.15) is 18.2 Å². The van der Waals surface area contributed by atoms with Crippen LogP contribution in [0, 0.1) is 18.3 Å². The number of anilines is 3. The van der Waals surface area contributed by atoms with Gasteiger partial charge in [-0.05, 0) is 79.8 Å². The number of aliphatic hydroxyl groups is 1. The molecule has 2 fully saturated rings. The van der Waals surface area contributed by atoms with Crippen LogP contribution in [0.5, 0.6) is 5.75 Å². The Kier molecular flexibility index (Phi) is 22.0. The number of carbonyl (C=O) groups excluding carboxylic acids is 4. The van der Waals surface area contributed by atoms with Crippen molar-refractivity contribution in [3.8, 4) is 16.2 Å². The van der Waals surface area contributed by atoms with Crippen LogP contribution in [-0.4, -0.2) is 145 Å². The van der Waals surface area contributed by atoms with Crippen molar-refractivity contribution in [1.29, 1.82) is 0 Å². The van der Waals surface area contributed by atoms with E-state index in [4.69, 9.17) is 18.9 Å². The number of aromatic nitrogens is 3. The topological polar surface area (TPSA) is 219 Å². The van der Waals surface area contributed by atoms with E-state index >= 15 is 0 Å². The molecule has 75 heavy (non-hydrogen) atoms. The minimum Gasteiger partial charge on any atom is -0.494 e. The van der Waals surface area contributed by atoms with Gasteiger partial charge in [-0.25, -0.2) is 9.97 Å². The van der Waals surface area contributed by atoms with Crippen LogP contribution >= 0.6 is 11.3 Å². The van der Waals surface area contributed by atoms with Gasteiger partial charge >= 0.3 is 6.18 Å². The number of hydrogen-bond donors (Lipinski definition) is 5. The lowest BCUT2D eigenvalue weighted by Crippen LogP contribution is -2.58. The van der Waals surface area contributed by atoms with E-state index < -0.39 is 47.2 Å². The van der Waals surface area contributed by atoms with Gasteiger partial charge in [0.1, 0.15) is 35.8 Å². The molecular weight excluding hydrogens is 996 g/mol. The summed E-state index contributed by atoms with van der Waals surface area (Å²) < 4.78 is 64.0. The van der Waals surface area contributed by atoms with E-state index in [0.717, 1.165) is 60.0 Å². The lowest BCUT2D eigenvalue weighted by molar-refractivity contribution is -0.144. The van der Waals surface area contributed by atoms with Crippen molar-refractivity contribution in [2.24, 2.45) is 11.3 Å². The fraction of sp³-hybridized carbons (Fsp3) is 0.566. The lowest BCUT2D eigenvalue weighted by Gasteiger charge is -2.35. The second-order valence-electron chi connectivity index (χ2n) is 19.9. The fourth-order valence-electron chi connectivity index (χ4n) is 8.34. The van der Waals surface area contributed by atoms with E-state index in [1.54, 1.807) is 48.2 Å². The number of aliphatic hydroxyl groups excluding tert-OH is 1. The molecule has 4 aromatic rings. The van der Waals surface area contributed by atoms with Crippen molar-refractivity contribution in [3.63, 3.8) is 0 Å². The smallest absolute Gasteiger partial charge is 0.421 e. The van der Waals surface area contributed by atoms with Crippen molar-refractivity contribution in [1.82, 2.24) is 35.4 Å². The first-order valence-electron chi connectivity index (χ1n) is 25.6. The molecule has 1 aliphatic carbocycles. The maximum atomic E-state index is 13.9. The van der Waals surface area contributed by atoms with Crippen molar-refractivity contribution in [2.75, 3.05) is 83.6 Å². The number of alkyl halides is 3. The molecule has 2 aromatic carbocycles. The summed E-state index contributed by atoms with van der Waals surface area (Å²) in [6.07, 6.45) is 0.826. The van der Waals surface area contributed by atoms with Crippen LogP contribution in [-0.2, 0) is 46.1 Å². The number of carbonyl (C=O) groups is 4. The molecule has 2 aliphatic rings. The molecule has 22 heteroatoms. The number of β-amino-alcohol motifs (C(OH)–C–C–N with tert-alkyl or cyclic N) is 1. The highest BCUT2D eigenvalue weighted by Gasteiger charge is 2.44. The van der Waals surface area contributed by atoms with Gasteiger partial charge in [0, 0.05) is 96.9 Å². The standard InChI is InChI=1S/C53H72F3N9O9S/c1-35-45(75-34-60-35)37-15-13-36(14-16-37)30-58-48(68)43-29-40(66)32-65(43)50(70)46(52(2,3)4)62-44(67)33-73-27-9-25-71-23-6-7-24-72-26-10-28-74-41-19-17-39(18-20-41)61-51-59-31-42(53(54,55)56)47(63-51)57-21-22-64(5)49(69)38-11-8-12-38/h13-20,31,34,38,40,43,46,66H,6-12,21-30,32-33H2,1-5H3,(H,58,68)(H,62,67)(H2,57,59,61,63)/t40-,43+,46-/m0/s1. The van der Waals surface area contributed by atoms with Crippen molar-refractivity contribution in [2.45, 2.75) is 110 Å². The third-order valence-electron chi connectivity index (χ3n) is 12.8. The maximum absolute atomic E-state index is 13.9. The Balaban J connectivity index is 0.782. The van der Waals surface area contributed by atoms with Gasteiger partial charge in [0.05, 0.1) is 28.8 Å². The lowest BCUT2D eigenvalue weighted by atomic mass is 9.84. The van der Waals surface area contributed by atoms with Crippen LogP contribution in [0.4, 0.5) is 30.6 Å². The number of likely N-dealkylation sites (tertiary alicyclic amines) is 1. The molecule has 6 rings (SSSR count). The average Bonchev–Trinajstić information content (AvgIpc) is 3.97. The van der Waals surface area contributed by atoms with Crippen LogP contribution in [0.1, 0.15) is 89.0 Å². The highest BCUT2D eigenvalue weighted by molar-refractivity contribution is 7.13. The summed E-state index contributed by atoms with van der Waals surface area (Å²) in [5.74, 6) is -1.07. The number of nitrogens with zero attached hydrogens (tertiary/aromatic N) is 5. The summed E-state index contributed by atoms with van der Waals surface area (Å²) in [5, 5.41) is 21.9. The number of thiazole rings is 1. The Hall–Kier alpha value is -5.94. The van der Waals surface area contributed by atoms with Crippen LogP contribution in [0.25, 0.3) is 10.4 Å². The summed E-state index contributed by atoms with van der Waals surface area (Å²) in [7, 11) is 1.65. The summed E-state index contributed by atoms with van der Waals surface area (Å²) >= 11 is 1.57. The van der Waals surface area contributed by atoms with E-state index in [1.807, 2.05) is 52.0 Å². The number of likely N-dealkylation sites (N-methyl/N-ethyl adjacent to an activating group) is 1. The maximum Gasteiger partial charge on any atom is 0.421 e. The molecule has 0 bridgehead atoms. The molecule has 5 N–H and O–H groups in total. The van der Waals surface area contributed by atoms with Crippen molar-refractivity contribution in [3.05, 3.63) is 77.1 Å². The zero-order valence-corrected chi connectivity index (χ0v) is 44.3. The third kappa shape index (κ3) is 18.1. The second-order valence-corrected chi connectivity index (χ2v) is 20.8. The molecule has 1 saturated carbocycles. The number of halogens is 3. The van der Waals surface area contributed by atoms with Crippen LogP contribution in [0.2, 0.25) is 0 Å². The summed E-state index contributed by atoms with van der Waals surface area (Å²) in [4.78, 5) is 69.0. The van der Waals surface area contributed by atoms with Gasteiger partial charge in [-0.1, -0.05) is 51.5 Å². The molecule has 18 nitrogen and oxygen atoms in total. The Morgan fingerprint density at radius 1 is 0.893 bits per heavy atom. The molecule has 1 saturated heterocycles. The van der Waals surface area contributed by atoms with E-state index in [-0.39, 0.29) is 75.3 Å². The quantitative estimate of drug-likeness (QED) is 0.0342. The number of hydrogen-bond acceptors (Lipinski definition) is 15. The zero-order chi connectivity index (χ0) is 54.0. The molecule has 3 heterocycles. The van der Waals surface area contributed by atoms with E-state index in [2.05, 4.69) is 36.2 Å². The number of ether oxygens (including phenoxy) is 4. The Morgan fingerprint density at radius 2 is 1.56 bits per heavy atom. The van der Waals surface area contributed by atoms with Gasteiger partial charge in [-0.3, -0.25) is 19.2 Å². The number of nitrogens with one attached hydrogen (secondary N) is 4. The van der Waals surface area contributed by atoms with Gasteiger partial charge in [0.25, 0.3) is 0 Å². The monoisotopic (exact) mass is 1070 g/mol. The minimum atomic E-state index is -4.66. The van der Waals surface area contributed by atoms with Crippen molar-refractivity contribution < 1.29 is 56.4 Å². The number of benzene rings is 2. The predicted octanol–water partition coefficient (Wildman–Crippen LogP) is 7.14. The molecule has 0 spiro atoms. The van der Waals surface area contributed by atoms with Gasteiger partial charge < -0.3 is 55.1 Å². The summed E-state index contributed by atoms with van der Waals surface area (Å²) in [5.41, 5.74) is 3.55. The normalized spacial score (nSPS) is 16.3. The summed E-state index contributed by atoms with van der Waals surface area (Å²) in [6.45, 7) is 10.5. The van der Waals surface area contributed by atoms with Crippen LogP contribution in [0.15, 0.2) is 60.2 Å². The second kappa shape index (κ2) is 28.3. The van der Waals surface area contributed by atoms with Crippen molar-refractivity contribution >= 4 is 52.4 Å². The Labute approximate surface area is 440 Å². The number of rotatable bonds is 29. The highest BCUT2D eigenvalue weighted by Crippen LogP contribution is 2.35. The molecule has 3 atom stereocenters. The Bertz CT molecular complexity index is 2450. The number of aryl methyl sites for hydroxylation is 1. The average molecular weight is 1070 g/mol. The predicted molar refractivity (Wildman–Crippen MR) is 278 cm³/mol. The van der Waals surface area contributed by atoms with E-state index in [9.17, 15) is 37.5 Å². The molecule has 410 valence electrons. The fourth-order valence-corrected chi connectivity index (χ4v) is 9.15. The van der Waals surface area contributed by atoms with E-state index in [1.165, 1.54) is 9.80 Å². The first kappa shape index (κ1) is 58.3. The zero-order valence-electron chi connectivity index (χ0n) is 43.5. The van der Waals surface area contributed by atoms with Gasteiger partial charge in [0.15, 0.2) is 0 Å². The summed E-state index contributed by atoms with van der Waals surface area (Å²) in [6, 6.07) is 12.9. The van der Waals surface area contributed by atoms with Crippen LogP contribution < -0.4 is 26.0 Å². The largest absolute Gasteiger partial charge is 0.494 e. The highest BCUT2D eigenvalue weighted by atomic mass is 32.1. The van der Waals surface area contributed by atoms with E-state index in [0.29, 0.717) is 57.3 Å². The SMILES string of the molecule is Cc1ncsc1-c1ccc(CNC(=O)[C@H]2C[C@H](O)CN2C(=O)[C@H](NC(=O)COCCCOCCCCOCCCOc2ccc(Nc3ncc(C(F)(F)F)c(NCCN(C)C(=O)C4CCC4)n3)cc2)C(C)(C)C)cc1. The number of unbranched alkanes of at least 4 members (excludes halogenated alkanes) is 1. The van der Waals surface area contributed by atoms with Gasteiger partial charge in [-0.15, -0.1) is 11.3 Å².